The highest BCUT2D eigenvalue weighted by Gasteiger charge is 2.14. The Hall–Kier alpha value is -2.65. The molecule has 10 heteroatoms. The molecule has 3 aromatic rings. The van der Waals surface area contributed by atoms with Crippen LogP contribution >= 0.6 is 23.4 Å². The van der Waals surface area contributed by atoms with Crippen LogP contribution in [0, 0.1) is 6.92 Å². The maximum atomic E-state index is 12.3. The highest BCUT2D eigenvalue weighted by atomic mass is 35.5. The lowest BCUT2D eigenvalue weighted by Crippen LogP contribution is -2.15. The lowest BCUT2D eigenvalue weighted by molar-refractivity contribution is -0.113. The summed E-state index contributed by atoms with van der Waals surface area (Å²) < 4.78 is 30.6. The van der Waals surface area contributed by atoms with Crippen molar-refractivity contribution in [1.82, 2.24) is 14.8 Å². The minimum Gasteiger partial charge on any atom is -0.435 e. The summed E-state index contributed by atoms with van der Waals surface area (Å²) in [6.07, 6.45) is 0. The maximum absolute atomic E-state index is 12.3. The van der Waals surface area contributed by atoms with Gasteiger partial charge in [0.05, 0.1) is 5.75 Å². The van der Waals surface area contributed by atoms with E-state index in [1.165, 1.54) is 23.9 Å². The van der Waals surface area contributed by atoms with Crippen molar-refractivity contribution in [3.05, 3.63) is 53.1 Å². The summed E-state index contributed by atoms with van der Waals surface area (Å²) in [5, 5.41) is 12.1. The van der Waals surface area contributed by atoms with E-state index >= 15 is 0 Å². The molecular weight excluding hydrogens is 422 g/mol. The Morgan fingerprint density at radius 1 is 1.24 bits per heavy atom. The molecule has 0 aliphatic heterocycles. The van der Waals surface area contributed by atoms with Crippen molar-refractivity contribution in [1.29, 1.82) is 0 Å². The fourth-order valence-electron chi connectivity index (χ4n) is 2.52. The predicted molar refractivity (Wildman–Crippen MR) is 109 cm³/mol. The van der Waals surface area contributed by atoms with Gasteiger partial charge in [0.25, 0.3) is 0 Å². The van der Waals surface area contributed by atoms with Gasteiger partial charge >= 0.3 is 6.61 Å². The average molecular weight is 439 g/mol. The number of hydrogen-bond donors (Lipinski definition) is 1. The Kier molecular flexibility index (Phi) is 6.71. The first kappa shape index (κ1) is 21.1. The molecule has 0 spiro atoms. The summed E-state index contributed by atoms with van der Waals surface area (Å²) in [7, 11) is 1.76. The van der Waals surface area contributed by atoms with Crippen molar-refractivity contribution < 1.29 is 18.3 Å². The van der Waals surface area contributed by atoms with E-state index in [4.69, 9.17) is 11.6 Å². The molecule has 0 saturated carbocycles. The van der Waals surface area contributed by atoms with Crippen LogP contribution in [0.4, 0.5) is 14.5 Å². The highest BCUT2D eigenvalue weighted by Crippen LogP contribution is 2.26. The van der Waals surface area contributed by atoms with Gasteiger partial charge in [-0.05, 0) is 48.9 Å². The second-order valence-electron chi connectivity index (χ2n) is 6.06. The van der Waals surface area contributed by atoms with E-state index in [9.17, 15) is 13.6 Å². The molecule has 0 fully saturated rings. The van der Waals surface area contributed by atoms with Gasteiger partial charge in [0.2, 0.25) is 5.91 Å². The third kappa shape index (κ3) is 5.45. The number of nitrogens with zero attached hydrogens (tertiary/aromatic N) is 3. The summed E-state index contributed by atoms with van der Waals surface area (Å²) in [6, 6.07) is 11.4. The Morgan fingerprint density at radius 2 is 1.97 bits per heavy atom. The Labute approximate surface area is 175 Å². The molecule has 1 amide bonds. The van der Waals surface area contributed by atoms with Crippen LogP contribution in [-0.4, -0.2) is 33.0 Å². The van der Waals surface area contributed by atoms with Crippen LogP contribution in [0.3, 0.4) is 0 Å². The van der Waals surface area contributed by atoms with Gasteiger partial charge < -0.3 is 14.6 Å². The molecular formula is C19H17ClF2N4O2S. The highest BCUT2D eigenvalue weighted by molar-refractivity contribution is 7.99. The molecule has 152 valence electrons. The summed E-state index contributed by atoms with van der Waals surface area (Å²) in [5.41, 5.74) is 2.26. The van der Waals surface area contributed by atoms with Crippen molar-refractivity contribution in [2.75, 3.05) is 11.1 Å². The zero-order chi connectivity index (χ0) is 21.0. The maximum Gasteiger partial charge on any atom is 0.387 e. The summed E-state index contributed by atoms with van der Waals surface area (Å²) in [6.45, 7) is -0.994. The first-order valence-corrected chi connectivity index (χ1v) is 9.83. The number of carbonyl (C=O) groups excluding carboxylic acids is 1. The topological polar surface area (TPSA) is 69.0 Å². The first-order chi connectivity index (χ1) is 13.8. The van der Waals surface area contributed by atoms with Crippen LogP contribution in [0.25, 0.3) is 11.4 Å². The standard InChI is InChI=1S/C19H17ClF2N4O2S/c1-11-3-6-13(20)9-15(11)23-16(27)10-29-19-25-24-17(26(19)2)12-4-7-14(8-5-12)28-18(21)22/h3-9,18H,10H2,1-2H3,(H,23,27). The van der Waals surface area contributed by atoms with E-state index in [1.807, 2.05) is 13.0 Å². The van der Waals surface area contributed by atoms with E-state index in [2.05, 4.69) is 20.3 Å². The average Bonchev–Trinajstić information content (AvgIpc) is 3.04. The van der Waals surface area contributed by atoms with Gasteiger partial charge in [-0.3, -0.25) is 4.79 Å². The molecule has 2 aromatic carbocycles. The predicted octanol–water partition coefficient (Wildman–Crippen LogP) is 4.78. The normalized spacial score (nSPS) is 11.0. The number of carbonyl (C=O) groups is 1. The van der Waals surface area contributed by atoms with Crippen molar-refractivity contribution in [2.45, 2.75) is 18.7 Å². The number of anilines is 1. The molecule has 0 unspecified atom stereocenters. The molecule has 0 radical (unpaired) electrons. The van der Waals surface area contributed by atoms with E-state index in [-0.39, 0.29) is 17.4 Å². The number of rotatable bonds is 7. The zero-order valence-corrected chi connectivity index (χ0v) is 17.1. The number of hydrogen-bond acceptors (Lipinski definition) is 5. The number of halogens is 3. The molecule has 1 heterocycles. The molecule has 1 N–H and O–H groups in total. The SMILES string of the molecule is Cc1ccc(Cl)cc1NC(=O)CSc1nnc(-c2ccc(OC(F)F)cc2)n1C. The molecule has 0 aliphatic carbocycles. The molecule has 29 heavy (non-hydrogen) atoms. The van der Waals surface area contributed by atoms with Gasteiger partial charge in [0, 0.05) is 23.3 Å². The van der Waals surface area contributed by atoms with Crippen LogP contribution in [0.2, 0.25) is 5.02 Å². The number of aryl methyl sites for hydroxylation is 1. The number of ether oxygens (including phenoxy) is 1. The van der Waals surface area contributed by atoms with Crippen molar-refractivity contribution >= 4 is 35.0 Å². The zero-order valence-electron chi connectivity index (χ0n) is 15.5. The number of thioether (sulfide) groups is 1. The lowest BCUT2D eigenvalue weighted by Gasteiger charge is -2.09. The van der Waals surface area contributed by atoms with Gasteiger partial charge in [0.1, 0.15) is 5.75 Å². The minimum absolute atomic E-state index is 0.0634. The first-order valence-electron chi connectivity index (χ1n) is 8.47. The van der Waals surface area contributed by atoms with Gasteiger partial charge in [0.15, 0.2) is 11.0 Å². The largest absolute Gasteiger partial charge is 0.435 e. The summed E-state index contributed by atoms with van der Waals surface area (Å²) in [4.78, 5) is 12.3. The van der Waals surface area contributed by atoms with Gasteiger partial charge in [-0.15, -0.1) is 10.2 Å². The molecule has 0 saturated heterocycles. The van der Waals surface area contributed by atoms with Crippen molar-refractivity contribution in [3.8, 4) is 17.1 Å². The number of amides is 1. The lowest BCUT2D eigenvalue weighted by atomic mass is 10.2. The third-order valence-corrected chi connectivity index (χ3v) is 5.23. The molecule has 3 rings (SSSR count). The smallest absolute Gasteiger partial charge is 0.387 e. The molecule has 0 aliphatic rings. The van der Waals surface area contributed by atoms with Gasteiger partial charge in [-0.1, -0.05) is 29.4 Å². The molecule has 0 bridgehead atoms. The fourth-order valence-corrected chi connectivity index (χ4v) is 3.41. The van der Waals surface area contributed by atoms with Gasteiger partial charge in [-0.2, -0.15) is 8.78 Å². The van der Waals surface area contributed by atoms with Crippen molar-refractivity contribution in [3.63, 3.8) is 0 Å². The number of benzene rings is 2. The van der Waals surface area contributed by atoms with Crippen LogP contribution in [-0.2, 0) is 11.8 Å². The minimum atomic E-state index is -2.87. The van der Waals surface area contributed by atoms with Crippen LogP contribution in [0.15, 0.2) is 47.6 Å². The van der Waals surface area contributed by atoms with E-state index < -0.39 is 6.61 Å². The van der Waals surface area contributed by atoms with Crippen LogP contribution in [0.1, 0.15) is 5.56 Å². The van der Waals surface area contributed by atoms with Crippen LogP contribution in [0.5, 0.6) is 5.75 Å². The van der Waals surface area contributed by atoms with E-state index in [1.54, 1.807) is 35.9 Å². The van der Waals surface area contributed by atoms with Crippen molar-refractivity contribution in [2.24, 2.45) is 7.05 Å². The van der Waals surface area contributed by atoms with E-state index in [0.29, 0.717) is 27.3 Å². The van der Waals surface area contributed by atoms with Crippen LogP contribution < -0.4 is 10.1 Å². The number of aromatic nitrogens is 3. The summed E-state index contributed by atoms with van der Waals surface area (Å²) >= 11 is 7.20. The number of alkyl halides is 2. The Balaban J connectivity index is 1.63. The molecule has 0 atom stereocenters. The van der Waals surface area contributed by atoms with E-state index in [0.717, 1.165) is 5.56 Å². The third-order valence-electron chi connectivity index (χ3n) is 3.98. The second kappa shape index (κ2) is 9.23. The quantitative estimate of drug-likeness (QED) is 0.538. The Bertz CT molecular complexity index is 1010. The second-order valence-corrected chi connectivity index (χ2v) is 7.44. The molecule has 6 nitrogen and oxygen atoms in total. The monoisotopic (exact) mass is 438 g/mol. The van der Waals surface area contributed by atoms with Gasteiger partial charge in [-0.25, -0.2) is 0 Å². The number of nitrogens with one attached hydrogen (secondary N) is 1. The summed E-state index contributed by atoms with van der Waals surface area (Å²) in [5.74, 6) is 0.549. The molecule has 1 aromatic heterocycles. The Morgan fingerprint density at radius 3 is 2.66 bits per heavy atom. The fraction of sp³-hybridized carbons (Fsp3) is 0.211.